The summed E-state index contributed by atoms with van der Waals surface area (Å²) in [5.41, 5.74) is 4.25. The van der Waals surface area contributed by atoms with E-state index in [1.54, 1.807) is 20.2 Å². The summed E-state index contributed by atoms with van der Waals surface area (Å²) in [6.45, 7) is 6.73. The van der Waals surface area contributed by atoms with Gasteiger partial charge in [0, 0.05) is 29.0 Å². The maximum atomic E-state index is 12.3. The molecule has 0 aliphatic carbocycles. The summed E-state index contributed by atoms with van der Waals surface area (Å²) < 4.78 is 10.5. The van der Waals surface area contributed by atoms with Crippen LogP contribution in [0.4, 0.5) is 0 Å². The van der Waals surface area contributed by atoms with Crippen LogP contribution in [0, 0.1) is 0 Å². The number of rotatable bonds is 5. The van der Waals surface area contributed by atoms with E-state index in [9.17, 15) is 4.79 Å². The second-order valence-corrected chi connectivity index (χ2v) is 6.11. The van der Waals surface area contributed by atoms with E-state index in [0.29, 0.717) is 24.8 Å². The number of hydrogen-bond donors (Lipinski definition) is 1. The number of methoxy groups -OCH3 is 1. The van der Waals surface area contributed by atoms with Crippen LogP contribution in [0.5, 0.6) is 0 Å². The Morgan fingerprint density at radius 2 is 2.08 bits per heavy atom. The molecule has 0 bridgehead atoms. The Labute approximate surface area is 141 Å². The molecular formula is C19H22N2O3. The Balaban J connectivity index is 2.32. The Morgan fingerprint density at radius 3 is 2.75 bits per heavy atom. The van der Waals surface area contributed by atoms with Crippen molar-refractivity contribution in [3.8, 4) is 0 Å². The summed E-state index contributed by atoms with van der Waals surface area (Å²) in [5, 5.41) is 2.06. The molecular weight excluding hydrogens is 304 g/mol. The lowest BCUT2D eigenvalue weighted by Crippen LogP contribution is -2.11. The molecule has 0 atom stereocenters. The van der Waals surface area contributed by atoms with E-state index in [4.69, 9.17) is 9.47 Å². The van der Waals surface area contributed by atoms with Crippen molar-refractivity contribution in [2.45, 2.75) is 33.3 Å². The zero-order chi connectivity index (χ0) is 17.3. The predicted octanol–water partition coefficient (Wildman–Crippen LogP) is 4.16. The number of ether oxygens (including phenoxy) is 2. The summed E-state index contributed by atoms with van der Waals surface area (Å²) in [6.07, 6.45) is 1.69. The molecule has 2 aromatic heterocycles. The highest BCUT2D eigenvalue weighted by molar-refractivity contribution is 6.11. The monoisotopic (exact) mass is 326 g/mol. The first kappa shape index (κ1) is 16.5. The van der Waals surface area contributed by atoms with Crippen LogP contribution in [-0.4, -0.2) is 29.7 Å². The molecule has 0 amide bonds. The number of benzene rings is 1. The highest BCUT2D eigenvalue weighted by atomic mass is 16.5. The van der Waals surface area contributed by atoms with E-state index in [-0.39, 0.29) is 0 Å². The van der Waals surface area contributed by atoms with Crippen molar-refractivity contribution in [1.29, 1.82) is 0 Å². The number of aromatic nitrogens is 2. The van der Waals surface area contributed by atoms with E-state index in [0.717, 1.165) is 27.4 Å². The van der Waals surface area contributed by atoms with Gasteiger partial charge in [0.1, 0.15) is 0 Å². The molecule has 126 valence electrons. The summed E-state index contributed by atoms with van der Waals surface area (Å²) in [7, 11) is 1.61. The van der Waals surface area contributed by atoms with Gasteiger partial charge in [-0.05, 0) is 30.5 Å². The fraction of sp³-hybridized carbons (Fsp3) is 0.368. The molecule has 0 radical (unpaired) electrons. The first-order valence-electron chi connectivity index (χ1n) is 8.16. The zero-order valence-corrected chi connectivity index (χ0v) is 14.5. The van der Waals surface area contributed by atoms with Crippen LogP contribution in [0.2, 0.25) is 0 Å². The van der Waals surface area contributed by atoms with Gasteiger partial charge in [-0.15, -0.1) is 0 Å². The molecule has 1 aromatic carbocycles. The highest BCUT2D eigenvalue weighted by Gasteiger charge is 2.20. The molecule has 1 N–H and O–H groups in total. The molecule has 0 spiro atoms. The van der Waals surface area contributed by atoms with Crippen LogP contribution >= 0.6 is 0 Å². The van der Waals surface area contributed by atoms with Crippen molar-refractivity contribution in [2.75, 3.05) is 13.7 Å². The van der Waals surface area contributed by atoms with Gasteiger partial charge in [-0.3, -0.25) is 0 Å². The number of fused-ring (bicyclic) bond motifs is 3. The van der Waals surface area contributed by atoms with Crippen molar-refractivity contribution < 1.29 is 14.3 Å². The Morgan fingerprint density at radius 1 is 1.29 bits per heavy atom. The third-order valence-corrected chi connectivity index (χ3v) is 4.19. The topological polar surface area (TPSA) is 64.2 Å². The van der Waals surface area contributed by atoms with Gasteiger partial charge in [0.15, 0.2) is 5.69 Å². The fourth-order valence-electron chi connectivity index (χ4n) is 3.00. The van der Waals surface area contributed by atoms with E-state index in [2.05, 4.69) is 42.0 Å². The number of carbonyl (C=O) groups is 1. The van der Waals surface area contributed by atoms with Gasteiger partial charge >= 0.3 is 5.97 Å². The quantitative estimate of drug-likeness (QED) is 0.715. The molecule has 5 heteroatoms. The first-order chi connectivity index (χ1) is 11.6. The number of carbonyl (C=O) groups excluding carboxylic acids is 1. The zero-order valence-electron chi connectivity index (χ0n) is 14.5. The Hall–Kier alpha value is -2.40. The molecule has 0 saturated carbocycles. The minimum absolute atomic E-state index is 0.303. The van der Waals surface area contributed by atoms with Crippen LogP contribution in [0.3, 0.4) is 0 Å². The van der Waals surface area contributed by atoms with Crippen LogP contribution in [0.25, 0.3) is 21.8 Å². The largest absolute Gasteiger partial charge is 0.461 e. The molecule has 3 rings (SSSR count). The van der Waals surface area contributed by atoms with Crippen molar-refractivity contribution in [1.82, 2.24) is 9.97 Å². The number of nitrogens with one attached hydrogen (secondary N) is 1. The minimum atomic E-state index is -0.416. The number of esters is 1. The fourth-order valence-corrected chi connectivity index (χ4v) is 3.00. The van der Waals surface area contributed by atoms with Crippen LogP contribution in [0.1, 0.15) is 48.3 Å². The smallest absolute Gasteiger partial charge is 0.357 e. The van der Waals surface area contributed by atoms with E-state index < -0.39 is 5.97 Å². The van der Waals surface area contributed by atoms with Gasteiger partial charge in [0.2, 0.25) is 0 Å². The highest BCUT2D eigenvalue weighted by Crippen LogP contribution is 2.32. The molecule has 3 aromatic rings. The van der Waals surface area contributed by atoms with Crippen molar-refractivity contribution >= 4 is 27.8 Å². The molecule has 2 heterocycles. The molecule has 0 unspecified atom stereocenters. The molecule has 24 heavy (non-hydrogen) atoms. The van der Waals surface area contributed by atoms with Gasteiger partial charge in [-0.2, -0.15) is 0 Å². The average molecular weight is 326 g/mol. The number of aromatic amines is 1. The lowest BCUT2D eigenvalue weighted by atomic mass is 9.99. The van der Waals surface area contributed by atoms with Crippen LogP contribution in [0.15, 0.2) is 24.4 Å². The second kappa shape index (κ2) is 6.61. The maximum absolute atomic E-state index is 12.3. The normalized spacial score (nSPS) is 11.5. The molecule has 0 aliphatic rings. The number of H-pyrrole nitrogens is 1. The van der Waals surface area contributed by atoms with E-state index in [1.165, 1.54) is 5.56 Å². The SMILES string of the molecule is CCOC(=O)c1ncc2[nH]c3ccc(C(C)C)cc3c2c1COC. The average Bonchev–Trinajstić information content (AvgIpc) is 2.93. The van der Waals surface area contributed by atoms with Crippen LogP contribution in [-0.2, 0) is 16.1 Å². The summed E-state index contributed by atoms with van der Waals surface area (Å²) in [4.78, 5) is 19.9. The number of nitrogens with zero attached hydrogens (tertiary/aromatic N) is 1. The van der Waals surface area contributed by atoms with Gasteiger partial charge < -0.3 is 14.5 Å². The number of pyridine rings is 1. The summed E-state index contributed by atoms with van der Waals surface area (Å²) in [5.74, 6) is 0.0115. The summed E-state index contributed by atoms with van der Waals surface area (Å²) in [6, 6.07) is 6.37. The lowest BCUT2D eigenvalue weighted by molar-refractivity contribution is 0.0514. The van der Waals surface area contributed by atoms with Crippen molar-refractivity contribution in [3.63, 3.8) is 0 Å². The predicted molar refractivity (Wildman–Crippen MR) is 94.4 cm³/mol. The Kier molecular flexibility index (Phi) is 4.53. The van der Waals surface area contributed by atoms with Crippen molar-refractivity contribution in [2.24, 2.45) is 0 Å². The number of hydrogen-bond acceptors (Lipinski definition) is 4. The van der Waals surface area contributed by atoms with E-state index >= 15 is 0 Å². The minimum Gasteiger partial charge on any atom is -0.461 e. The van der Waals surface area contributed by atoms with Crippen LogP contribution < -0.4 is 0 Å². The lowest BCUT2D eigenvalue weighted by Gasteiger charge is -2.10. The van der Waals surface area contributed by atoms with Crippen molar-refractivity contribution in [3.05, 3.63) is 41.2 Å². The molecule has 5 nitrogen and oxygen atoms in total. The van der Waals surface area contributed by atoms with E-state index in [1.807, 2.05) is 0 Å². The molecule has 0 fully saturated rings. The summed E-state index contributed by atoms with van der Waals surface area (Å²) >= 11 is 0. The van der Waals surface area contributed by atoms with Gasteiger partial charge in [0.05, 0.1) is 24.9 Å². The second-order valence-electron chi connectivity index (χ2n) is 6.11. The third-order valence-electron chi connectivity index (χ3n) is 4.19. The molecule has 0 aliphatic heterocycles. The maximum Gasteiger partial charge on any atom is 0.357 e. The third kappa shape index (κ3) is 2.76. The first-order valence-corrected chi connectivity index (χ1v) is 8.16. The Bertz CT molecular complexity index is 896. The standard InChI is InChI=1S/C19H22N2O3/c1-5-24-19(22)18-14(10-23-4)17-13-8-12(11(2)3)6-7-15(13)21-16(17)9-20-18/h6-9,11,21H,5,10H2,1-4H3. The van der Waals surface area contributed by atoms with Gasteiger partial charge in [-0.1, -0.05) is 19.9 Å². The van der Waals surface area contributed by atoms with Gasteiger partial charge in [-0.25, -0.2) is 9.78 Å². The molecule has 0 saturated heterocycles. The van der Waals surface area contributed by atoms with Gasteiger partial charge in [0.25, 0.3) is 0 Å².